The van der Waals surface area contributed by atoms with E-state index in [1.165, 1.54) is 43.3 Å². The number of nitrogens with one attached hydrogen (secondary N) is 1. The number of sulfonamides is 1. The third-order valence-electron chi connectivity index (χ3n) is 4.08. The van der Waals surface area contributed by atoms with Crippen molar-refractivity contribution in [2.75, 3.05) is 26.0 Å². The lowest BCUT2D eigenvalue weighted by Crippen LogP contribution is -2.45. The van der Waals surface area contributed by atoms with Crippen LogP contribution in [0.3, 0.4) is 0 Å². The number of benzene rings is 1. The fraction of sp³-hybridized carbons (Fsp3) is 0.556. The zero-order valence-corrected chi connectivity index (χ0v) is 17.2. The van der Waals surface area contributed by atoms with E-state index in [1.54, 1.807) is 20.8 Å². The van der Waals surface area contributed by atoms with Gasteiger partial charge in [-0.1, -0.05) is 0 Å². The molecule has 2 rings (SSSR count). The van der Waals surface area contributed by atoms with E-state index in [9.17, 15) is 18.0 Å². The second-order valence-electron chi connectivity index (χ2n) is 7.63. The van der Waals surface area contributed by atoms with Crippen LogP contribution in [0.4, 0.5) is 10.5 Å². The molecule has 1 aromatic rings. The molecule has 9 heteroatoms. The zero-order valence-electron chi connectivity index (χ0n) is 16.4. The highest BCUT2D eigenvalue weighted by Gasteiger charge is 2.36. The highest BCUT2D eigenvalue weighted by molar-refractivity contribution is 7.89. The van der Waals surface area contributed by atoms with Crippen molar-refractivity contribution >= 4 is 27.7 Å². The SMILES string of the molecule is CN(C)S(=O)(=O)c1ccc(NC(=O)[C@@H]2CCCN2C(=O)OC(C)(C)C)cc1. The molecule has 1 aliphatic heterocycles. The number of amides is 2. The van der Waals surface area contributed by atoms with E-state index >= 15 is 0 Å². The van der Waals surface area contributed by atoms with Crippen LogP contribution in [0.2, 0.25) is 0 Å². The molecule has 1 aliphatic rings. The van der Waals surface area contributed by atoms with Crippen LogP contribution in [-0.4, -0.2) is 61.9 Å². The summed E-state index contributed by atoms with van der Waals surface area (Å²) in [6.07, 6.45) is 0.766. The highest BCUT2D eigenvalue weighted by Crippen LogP contribution is 2.23. The van der Waals surface area contributed by atoms with E-state index in [1.807, 2.05) is 0 Å². The van der Waals surface area contributed by atoms with Gasteiger partial charge < -0.3 is 10.1 Å². The van der Waals surface area contributed by atoms with Crippen molar-refractivity contribution in [3.05, 3.63) is 24.3 Å². The van der Waals surface area contributed by atoms with E-state index in [0.717, 1.165) is 10.7 Å². The second-order valence-corrected chi connectivity index (χ2v) is 9.78. The zero-order chi connectivity index (χ0) is 20.4. The molecule has 0 aromatic heterocycles. The third-order valence-corrected chi connectivity index (χ3v) is 5.91. The van der Waals surface area contributed by atoms with Crippen LogP contribution in [-0.2, 0) is 19.6 Å². The average molecular weight is 397 g/mol. The fourth-order valence-electron chi connectivity index (χ4n) is 2.72. The average Bonchev–Trinajstić information content (AvgIpc) is 3.03. The number of ether oxygens (including phenoxy) is 1. The summed E-state index contributed by atoms with van der Waals surface area (Å²) in [5, 5.41) is 2.74. The molecule has 27 heavy (non-hydrogen) atoms. The van der Waals surface area contributed by atoms with Crippen molar-refractivity contribution in [3.63, 3.8) is 0 Å². The van der Waals surface area contributed by atoms with E-state index in [0.29, 0.717) is 18.7 Å². The molecule has 0 saturated carbocycles. The largest absolute Gasteiger partial charge is 0.444 e. The first-order chi connectivity index (χ1) is 12.4. The van der Waals surface area contributed by atoms with E-state index in [2.05, 4.69) is 5.32 Å². The molecular formula is C18H27N3O5S. The van der Waals surface area contributed by atoms with Gasteiger partial charge in [0.2, 0.25) is 15.9 Å². The quantitative estimate of drug-likeness (QED) is 0.841. The molecule has 0 bridgehead atoms. The maximum Gasteiger partial charge on any atom is 0.410 e. The summed E-state index contributed by atoms with van der Waals surface area (Å²) in [5.74, 6) is -0.318. The Morgan fingerprint density at radius 2 is 1.78 bits per heavy atom. The molecule has 1 saturated heterocycles. The maximum absolute atomic E-state index is 12.6. The Morgan fingerprint density at radius 1 is 1.19 bits per heavy atom. The van der Waals surface area contributed by atoms with Crippen molar-refractivity contribution in [1.29, 1.82) is 0 Å². The molecule has 150 valence electrons. The number of carbonyl (C=O) groups excluding carboxylic acids is 2. The standard InChI is InChI=1S/C18H27N3O5S/c1-18(2,3)26-17(23)21-12-6-7-15(21)16(22)19-13-8-10-14(11-9-13)27(24,25)20(4)5/h8-11,15H,6-7,12H2,1-5H3,(H,19,22)/t15-/m0/s1. The monoisotopic (exact) mass is 397 g/mol. The Hall–Kier alpha value is -2.13. The number of anilines is 1. The first-order valence-corrected chi connectivity index (χ1v) is 10.2. The van der Waals surface area contributed by atoms with E-state index in [-0.39, 0.29) is 10.8 Å². The molecule has 0 aliphatic carbocycles. The summed E-state index contributed by atoms with van der Waals surface area (Å²) < 4.78 is 30.7. The Labute approximate surface area is 160 Å². The van der Waals surface area contributed by atoms with Gasteiger partial charge in [0.25, 0.3) is 0 Å². The van der Waals surface area contributed by atoms with Crippen molar-refractivity contribution in [2.45, 2.75) is 50.2 Å². The van der Waals surface area contributed by atoms with Crippen LogP contribution in [0, 0.1) is 0 Å². The Balaban J connectivity index is 2.07. The van der Waals surface area contributed by atoms with Gasteiger partial charge in [0.15, 0.2) is 0 Å². The Bertz CT molecular complexity index is 797. The van der Waals surface area contributed by atoms with Gasteiger partial charge in [0, 0.05) is 26.3 Å². The predicted octanol–water partition coefficient (Wildman–Crippen LogP) is 2.27. The molecule has 1 heterocycles. The minimum Gasteiger partial charge on any atom is -0.444 e. The van der Waals surface area contributed by atoms with Crippen LogP contribution in [0.5, 0.6) is 0 Å². The summed E-state index contributed by atoms with van der Waals surface area (Å²) in [4.78, 5) is 26.5. The number of hydrogen-bond donors (Lipinski definition) is 1. The highest BCUT2D eigenvalue weighted by atomic mass is 32.2. The molecule has 1 fully saturated rings. The van der Waals surface area contributed by atoms with Gasteiger partial charge in [-0.15, -0.1) is 0 Å². The smallest absolute Gasteiger partial charge is 0.410 e. The minimum atomic E-state index is -3.52. The lowest BCUT2D eigenvalue weighted by Gasteiger charge is -2.28. The van der Waals surface area contributed by atoms with Gasteiger partial charge >= 0.3 is 6.09 Å². The van der Waals surface area contributed by atoms with Gasteiger partial charge in [0.1, 0.15) is 11.6 Å². The molecule has 0 radical (unpaired) electrons. The summed E-state index contributed by atoms with van der Waals surface area (Å²) in [5.41, 5.74) is -0.164. The van der Waals surface area contributed by atoms with Gasteiger partial charge in [0.05, 0.1) is 4.90 Å². The van der Waals surface area contributed by atoms with Crippen molar-refractivity contribution in [2.24, 2.45) is 0 Å². The molecule has 8 nitrogen and oxygen atoms in total. The van der Waals surface area contributed by atoms with E-state index < -0.39 is 27.8 Å². The molecular weight excluding hydrogens is 370 g/mol. The van der Waals surface area contributed by atoms with Crippen LogP contribution in [0.1, 0.15) is 33.6 Å². The summed E-state index contributed by atoms with van der Waals surface area (Å²) in [6, 6.07) is 5.32. The predicted molar refractivity (Wildman–Crippen MR) is 102 cm³/mol. The van der Waals surface area contributed by atoms with Gasteiger partial charge in [-0.2, -0.15) is 0 Å². The molecule has 0 spiro atoms. The van der Waals surface area contributed by atoms with E-state index in [4.69, 9.17) is 4.74 Å². The lowest BCUT2D eigenvalue weighted by atomic mass is 10.2. The Kier molecular flexibility index (Phi) is 6.16. The van der Waals surface area contributed by atoms with Crippen molar-refractivity contribution in [3.8, 4) is 0 Å². The van der Waals surface area contributed by atoms with Crippen LogP contribution in [0.15, 0.2) is 29.2 Å². The maximum atomic E-state index is 12.6. The number of nitrogens with zero attached hydrogens (tertiary/aromatic N) is 2. The summed E-state index contributed by atoms with van der Waals surface area (Å²) >= 11 is 0. The van der Waals surface area contributed by atoms with Crippen molar-refractivity contribution < 1.29 is 22.7 Å². The van der Waals surface area contributed by atoms with Crippen LogP contribution in [0.25, 0.3) is 0 Å². The first-order valence-electron chi connectivity index (χ1n) is 8.75. The number of carbonyl (C=O) groups is 2. The normalized spacial score (nSPS) is 17.9. The second kappa shape index (κ2) is 7.85. The van der Waals surface area contributed by atoms with Crippen molar-refractivity contribution in [1.82, 2.24) is 9.21 Å². The van der Waals surface area contributed by atoms with Gasteiger partial charge in [-0.25, -0.2) is 17.5 Å². The third kappa shape index (κ3) is 5.20. The molecule has 1 N–H and O–H groups in total. The minimum absolute atomic E-state index is 0.141. The molecule has 0 unspecified atom stereocenters. The van der Waals surface area contributed by atoms with Crippen LogP contribution < -0.4 is 5.32 Å². The fourth-order valence-corrected chi connectivity index (χ4v) is 3.63. The number of hydrogen-bond acceptors (Lipinski definition) is 5. The van der Waals surface area contributed by atoms with Crippen LogP contribution >= 0.6 is 0 Å². The number of rotatable bonds is 4. The summed E-state index contributed by atoms with van der Waals surface area (Å²) in [6.45, 7) is 5.80. The molecule has 2 amide bonds. The number of likely N-dealkylation sites (tertiary alicyclic amines) is 1. The summed E-state index contributed by atoms with van der Waals surface area (Å²) in [7, 11) is -0.615. The van der Waals surface area contributed by atoms with Gasteiger partial charge in [-0.05, 0) is 57.9 Å². The molecule has 1 atom stereocenters. The Morgan fingerprint density at radius 3 is 2.30 bits per heavy atom. The lowest BCUT2D eigenvalue weighted by molar-refractivity contribution is -0.120. The van der Waals surface area contributed by atoms with Gasteiger partial charge in [-0.3, -0.25) is 9.69 Å². The first kappa shape index (κ1) is 21.2. The topological polar surface area (TPSA) is 96.0 Å². The molecule has 1 aromatic carbocycles.